The normalized spacial score (nSPS) is 10.8. The minimum absolute atomic E-state index is 0.171. The predicted octanol–water partition coefficient (Wildman–Crippen LogP) is 3.41. The first-order valence-electron chi connectivity index (χ1n) is 8.77. The Hall–Kier alpha value is -2.54. The molecule has 0 bridgehead atoms. The first kappa shape index (κ1) is 20.8. The van der Waals surface area contributed by atoms with Gasteiger partial charge in [0.15, 0.2) is 6.61 Å². The maximum atomic E-state index is 12.1. The van der Waals surface area contributed by atoms with Crippen molar-refractivity contribution in [2.45, 2.75) is 33.7 Å². The highest BCUT2D eigenvalue weighted by Gasteiger charge is 2.21. The molecule has 0 aliphatic carbocycles. The first-order valence-corrected chi connectivity index (χ1v) is 9.15. The minimum atomic E-state index is -0.674. The van der Waals surface area contributed by atoms with Gasteiger partial charge in [0.05, 0.1) is 5.69 Å². The smallest absolute Gasteiger partial charge is 0.343 e. The van der Waals surface area contributed by atoms with Gasteiger partial charge in [-0.05, 0) is 52.0 Å². The SMILES string of the molecule is CCN(c1ccc(NC(=O)COC(=O)c2c(C)nn(C)c2Cl)cc1)C(C)C. The summed E-state index contributed by atoms with van der Waals surface area (Å²) in [6, 6.07) is 7.93. The van der Waals surface area contributed by atoms with E-state index in [1.807, 2.05) is 24.3 Å². The number of aryl methyl sites for hydroxylation is 2. The number of hydrogen-bond donors (Lipinski definition) is 1. The Balaban J connectivity index is 1.93. The van der Waals surface area contributed by atoms with Gasteiger partial charge in [0, 0.05) is 31.0 Å². The van der Waals surface area contributed by atoms with E-state index in [9.17, 15) is 9.59 Å². The van der Waals surface area contributed by atoms with Gasteiger partial charge < -0.3 is 15.0 Å². The summed E-state index contributed by atoms with van der Waals surface area (Å²) in [6.45, 7) is 8.50. The van der Waals surface area contributed by atoms with Crippen molar-refractivity contribution in [1.29, 1.82) is 0 Å². The van der Waals surface area contributed by atoms with Crippen molar-refractivity contribution in [3.8, 4) is 0 Å². The third-order valence-corrected chi connectivity index (χ3v) is 4.57. The second-order valence-corrected chi connectivity index (χ2v) is 6.78. The molecule has 8 heteroatoms. The molecule has 2 aromatic rings. The molecule has 1 N–H and O–H groups in total. The number of carbonyl (C=O) groups is 2. The van der Waals surface area contributed by atoms with Crippen LogP contribution in [0.25, 0.3) is 0 Å². The summed E-state index contributed by atoms with van der Waals surface area (Å²) in [4.78, 5) is 26.4. The Morgan fingerprint density at radius 1 is 1.30 bits per heavy atom. The molecule has 146 valence electrons. The van der Waals surface area contributed by atoms with Gasteiger partial charge in [0.1, 0.15) is 10.7 Å². The molecule has 0 radical (unpaired) electrons. The van der Waals surface area contributed by atoms with E-state index in [4.69, 9.17) is 16.3 Å². The molecule has 1 amide bonds. The third-order valence-electron chi connectivity index (χ3n) is 4.14. The van der Waals surface area contributed by atoms with E-state index < -0.39 is 18.5 Å². The molecule has 0 spiro atoms. The lowest BCUT2D eigenvalue weighted by atomic mass is 10.2. The van der Waals surface area contributed by atoms with Crippen LogP contribution in [0.15, 0.2) is 24.3 Å². The largest absolute Gasteiger partial charge is 0.452 e. The van der Waals surface area contributed by atoms with Crippen LogP contribution in [0.3, 0.4) is 0 Å². The zero-order valence-electron chi connectivity index (χ0n) is 16.2. The van der Waals surface area contributed by atoms with Crippen molar-refractivity contribution >= 4 is 34.9 Å². The standard InChI is InChI=1S/C19H25ClN4O3/c1-6-24(12(2)3)15-9-7-14(8-10-15)21-16(25)11-27-19(26)17-13(4)22-23(5)18(17)20/h7-10,12H,6,11H2,1-5H3,(H,21,25). The van der Waals surface area contributed by atoms with Gasteiger partial charge in [-0.2, -0.15) is 5.10 Å². The van der Waals surface area contributed by atoms with Crippen LogP contribution in [-0.2, 0) is 16.6 Å². The molecule has 0 unspecified atom stereocenters. The summed E-state index contributed by atoms with van der Waals surface area (Å²) in [5.74, 6) is -1.10. The van der Waals surface area contributed by atoms with Crippen LogP contribution in [0.2, 0.25) is 5.15 Å². The maximum Gasteiger partial charge on any atom is 0.343 e. The molecule has 0 saturated carbocycles. The Morgan fingerprint density at radius 3 is 2.41 bits per heavy atom. The number of nitrogens with zero attached hydrogens (tertiary/aromatic N) is 3. The number of ether oxygens (including phenoxy) is 1. The van der Waals surface area contributed by atoms with Crippen LogP contribution >= 0.6 is 11.6 Å². The molecule has 0 fully saturated rings. The molecular weight excluding hydrogens is 368 g/mol. The highest BCUT2D eigenvalue weighted by molar-refractivity contribution is 6.32. The summed E-state index contributed by atoms with van der Waals surface area (Å²) in [5, 5.41) is 6.94. The van der Waals surface area contributed by atoms with Crippen LogP contribution in [0.5, 0.6) is 0 Å². The van der Waals surface area contributed by atoms with Crippen LogP contribution < -0.4 is 10.2 Å². The van der Waals surface area contributed by atoms with Crippen LogP contribution in [0.1, 0.15) is 36.8 Å². The molecule has 7 nitrogen and oxygen atoms in total. The minimum Gasteiger partial charge on any atom is -0.452 e. The highest BCUT2D eigenvalue weighted by atomic mass is 35.5. The molecule has 0 saturated heterocycles. The van der Waals surface area contributed by atoms with Crippen LogP contribution in [-0.4, -0.2) is 40.9 Å². The average Bonchev–Trinajstić information content (AvgIpc) is 2.87. The summed E-state index contributed by atoms with van der Waals surface area (Å²) in [5.41, 5.74) is 2.34. The summed E-state index contributed by atoms with van der Waals surface area (Å²) >= 11 is 6.02. The van der Waals surface area contributed by atoms with E-state index >= 15 is 0 Å². The molecular formula is C19H25ClN4O3. The van der Waals surface area contributed by atoms with Crippen molar-refractivity contribution in [2.24, 2.45) is 7.05 Å². The number of halogens is 1. The summed E-state index contributed by atoms with van der Waals surface area (Å²) in [7, 11) is 1.63. The van der Waals surface area contributed by atoms with Crippen molar-refractivity contribution in [3.05, 3.63) is 40.7 Å². The summed E-state index contributed by atoms with van der Waals surface area (Å²) < 4.78 is 6.43. The third kappa shape index (κ3) is 5.01. The molecule has 0 atom stereocenters. The first-order chi connectivity index (χ1) is 12.7. The van der Waals surface area contributed by atoms with Gasteiger partial charge in [-0.15, -0.1) is 0 Å². The molecule has 1 aromatic heterocycles. The molecule has 1 heterocycles. The number of rotatable bonds is 7. The van der Waals surface area contributed by atoms with Crippen LogP contribution in [0.4, 0.5) is 11.4 Å². The zero-order chi connectivity index (χ0) is 20.1. The van der Waals surface area contributed by atoms with Crippen LogP contribution in [0, 0.1) is 6.92 Å². The number of anilines is 2. The fourth-order valence-corrected chi connectivity index (χ4v) is 3.10. The predicted molar refractivity (Wildman–Crippen MR) is 106 cm³/mol. The quantitative estimate of drug-likeness (QED) is 0.730. The average molecular weight is 393 g/mol. The van der Waals surface area contributed by atoms with Crippen molar-refractivity contribution in [2.75, 3.05) is 23.4 Å². The second-order valence-electron chi connectivity index (χ2n) is 6.43. The van der Waals surface area contributed by atoms with Crippen molar-refractivity contribution in [3.63, 3.8) is 0 Å². The number of carbonyl (C=O) groups excluding carboxylic acids is 2. The lowest BCUT2D eigenvalue weighted by molar-refractivity contribution is -0.119. The number of aromatic nitrogens is 2. The Bertz CT molecular complexity index is 815. The fraction of sp³-hybridized carbons (Fsp3) is 0.421. The zero-order valence-corrected chi connectivity index (χ0v) is 17.0. The maximum absolute atomic E-state index is 12.1. The monoisotopic (exact) mass is 392 g/mol. The Morgan fingerprint density at radius 2 is 1.93 bits per heavy atom. The highest BCUT2D eigenvalue weighted by Crippen LogP contribution is 2.21. The van der Waals surface area contributed by atoms with E-state index in [2.05, 4.69) is 36.1 Å². The number of esters is 1. The lowest BCUT2D eigenvalue weighted by Gasteiger charge is -2.27. The number of benzene rings is 1. The number of hydrogen-bond acceptors (Lipinski definition) is 5. The van der Waals surface area contributed by atoms with E-state index in [0.29, 0.717) is 17.4 Å². The molecule has 0 aliphatic heterocycles. The van der Waals surface area contributed by atoms with E-state index in [1.165, 1.54) is 4.68 Å². The van der Waals surface area contributed by atoms with Gasteiger partial charge in [-0.3, -0.25) is 9.48 Å². The topological polar surface area (TPSA) is 76.5 Å². The number of nitrogens with one attached hydrogen (secondary N) is 1. The van der Waals surface area contributed by atoms with Crippen molar-refractivity contribution in [1.82, 2.24) is 9.78 Å². The Labute approximate surface area is 164 Å². The molecule has 1 aromatic carbocycles. The van der Waals surface area contributed by atoms with Gasteiger partial charge in [-0.25, -0.2) is 4.79 Å². The van der Waals surface area contributed by atoms with Gasteiger partial charge in [0.25, 0.3) is 5.91 Å². The van der Waals surface area contributed by atoms with Gasteiger partial charge >= 0.3 is 5.97 Å². The second kappa shape index (κ2) is 8.90. The number of amides is 1. The lowest BCUT2D eigenvalue weighted by Crippen LogP contribution is -2.30. The molecule has 0 aliphatic rings. The Kier molecular flexibility index (Phi) is 6.85. The van der Waals surface area contributed by atoms with Gasteiger partial charge in [-0.1, -0.05) is 11.6 Å². The van der Waals surface area contributed by atoms with E-state index in [1.54, 1.807) is 14.0 Å². The van der Waals surface area contributed by atoms with Crippen molar-refractivity contribution < 1.29 is 14.3 Å². The van der Waals surface area contributed by atoms with E-state index in [0.717, 1.165) is 12.2 Å². The van der Waals surface area contributed by atoms with Gasteiger partial charge in [0.2, 0.25) is 0 Å². The van der Waals surface area contributed by atoms with E-state index in [-0.39, 0.29) is 10.7 Å². The molecule has 27 heavy (non-hydrogen) atoms. The summed E-state index contributed by atoms with van der Waals surface area (Å²) in [6.07, 6.45) is 0. The fourth-order valence-electron chi connectivity index (χ4n) is 2.84. The molecule has 2 rings (SSSR count).